The highest BCUT2D eigenvalue weighted by molar-refractivity contribution is 7.90. The van der Waals surface area contributed by atoms with Crippen LogP contribution in [0.4, 0.5) is 4.79 Å². The van der Waals surface area contributed by atoms with Gasteiger partial charge in [0.15, 0.2) is 6.10 Å². The van der Waals surface area contributed by atoms with Gasteiger partial charge < -0.3 is 20.7 Å². The molecule has 1 saturated carbocycles. The zero-order chi connectivity index (χ0) is 28.4. The van der Waals surface area contributed by atoms with E-state index >= 15 is 0 Å². The van der Waals surface area contributed by atoms with Gasteiger partial charge in [-0.2, -0.15) is 0 Å². The highest BCUT2D eigenvalue weighted by atomic mass is 35.5. The Kier molecular flexibility index (Phi) is 8.77. The van der Waals surface area contributed by atoms with Gasteiger partial charge in [0.05, 0.1) is 5.02 Å². The van der Waals surface area contributed by atoms with Crippen LogP contribution in [-0.2, 0) is 29.1 Å². The third-order valence-electron chi connectivity index (χ3n) is 7.25. The van der Waals surface area contributed by atoms with Gasteiger partial charge in [-0.25, -0.2) is 17.9 Å². The van der Waals surface area contributed by atoms with Crippen molar-refractivity contribution in [2.24, 2.45) is 11.7 Å². The number of nitrogens with two attached hydrogens (primary N) is 1. The number of nitrogens with one attached hydrogen (secondary N) is 2. The molecule has 0 spiro atoms. The minimum absolute atomic E-state index is 0.161. The van der Waals surface area contributed by atoms with Gasteiger partial charge in [0.25, 0.3) is 21.8 Å². The predicted molar refractivity (Wildman–Crippen MR) is 142 cm³/mol. The molecule has 1 aliphatic carbocycles. The van der Waals surface area contributed by atoms with Gasteiger partial charge in [-0.3, -0.25) is 14.4 Å². The average Bonchev–Trinajstić information content (AvgIpc) is 3.31. The third-order valence-corrected chi connectivity index (χ3v) is 9.30. The number of carbonyl (C=O) groups excluding carboxylic acids is 4. The number of amides is 4. The molecule has 212 valence electrons. The van der Waals surface area contributed by atoms with Crippen molar-refractivity contribution >= 4 is 57.0 Å². The van der Waals surface area contributed by atoms with Crippen LogP contribution in [0.2, 0.25) is 10.0 Å². The van der Waals surface area contributed by atoms with Crippen molar-refractivity contribution in [1.82, 2.24) is 14.9 Å². The minimum atomic E-state index is -4.39. The molecule has 0 radical (unpaired) electrons. The first-order valence-electron chi connectivity index (χ1n) is 12.7. The van der Waals surface area contributed by atoms with E-state index in [1.807, 2.05) is 6.08 Å². The summed E-state index contributed by atoms with van der Waals surface area (Å²) < 4.78 is 33.2. The molecule has 1 aromatic rings. The quantitative estimate of drug-likeness (QED) is 0.447. The summed E-state index contributed by atoms with van der Waals surface area (Å²) in [5, 5.41) is 2.80. The largest absolute Gasteiger partial charge is 0.436 e. The topological polar surface area (TPSA) is 165 Å². The SMILES string of the molecule is NC(=O)OC1CCCCC/C=C/C2CC2(C(=O)NS(=O)(=O)c2ccc(Cl)cc2Cl)NC(=O)C2CCCN2C1=O. The van der Waals surface area contributed by atoms with Gasteiger partial charge in [-0.15, -0.1) is 0 Å². The monoisotopic (exact) mass is 600 g/mol. The Morgan fingerprint density at radius 1 is 1.13 bits per heavy atom. The molecule has 4 N–H and O–H groups in total. The zero-order valence-electron chi connectivity index (χ0n) is 21.0. The summed E-state index contributed by atoms with van der Waals surface area (Å²) in [6.45, 7) is 0.265. The Morgan fingerprint density at radius 3 is 2.62 bits per heavy atom. The lowest BCUT2D eigenvalue weighted by molar-refractivity contribution is -0.146. The van der Waals surface area contributed by atoms with Crippen molar-refractivity contribution in [1.29, 1.82) is 0 Å². The highest BCUT2D eigenvalue weighted by Gasteiger charge is 2.61. The van der Waals surface area contributed by atoms with Crippen LogP contribution in [0.1, 0.15) is 51.4 Å². The first-order chi connectivity index (χ1) is 18.4. The average molecular weight is 602 g/mol. The maximum Gasteiger partial charge on any atom is 0.405 e. The summed E-state index contributed by atoms with van der Waals surface area (Å²) in [5.74, 6) is -2.47. The van der Waals surface area contributed by atoms with Gasteiger partial charge in [0.2, 0.25) is 5.91 Å². The Hall–Kier alpha value is -2.83. The highest BCUT2D eigenvalue weighted by Crippen LogP contribution is 2.46. The maximum absolute atomic E-state index is 13.5. The third kappa shape index (κ3) is 6.50. The van der Waals surface area contributed by atoms with Crippen LogP contribution in [0.3, 0.4) is 0 Å². The number of allylic oxidation sites excluding steroid dienone is 1. The van der Waals surface area contributed by atoms with Gasteiger partial charge in [0.1, 0.15) is 16.5 Å². The molecule has 4 rings (SSSR count). The van der Waals surface area contributed by atoms with Crippen LogP contribution in [0.15, 0.2) is 35.2 Å². The van der Waals surface area contributed by atoms with Crippen LogP contribution in [0, 0.1) is 5.92 Å². The van der Waals surface area contributed by atoms with E-state index in [0.717, 1.165) is 12.8 Å². The summed E-state index contributed by atoms with van der Waals surface area (Å²) >= 11 is 11.9. The second kappa shape index (κ2) is 11.7. The standard InChI is InChI=1S/C25H30Cl2N4O7S/c26-16-10-11-20(17(27)13-16)39(36,37)30-23(34)25-14-15(25)7-4-2-1-3-5-9-19(38-24(28)35)22(33)31-12-6-8-18(31)21(32)29-25/h4,7,10-11,13,15,18-19H,1-3,5-6,8-9,12,14H2,(H2,28,35)(H,29,32)(H,30,34)/b7-4+. The molecule has 4 atom stereocenters. The van der Waals surface area contributed by atoms with Gasteiger partial charge in [0, 0.05) is 17.5 Å². The number of rotatable bonds is 4. The van der Waals surface area contributed by atoms with E-state index < -0.39 is 57.4 Å². The molecule has 0 bridgehead atoms. The molecule has 1 saturated heterocycles. The number of ether oxygens (including phenoxy) is 1. The molecule has 2 aliphatic heterocycles. The first-order valence-corrected chi connectivity index (χ1v) is 15.0. The molecule has 14 heteroatoms. The summed E-state index contributed by atoms with van der Waals surface area (Å²) in [6, 6.07) is 2.85. The predicted octanol–water partition coefficient (Wildman–Crippen LogP) is 2.65. The minimum Gasteiger partial charge on any atom is -0.436 e. The second-order valence-corrected chi connectivity index (χ2v) is 12.5. The number of hydrogen-bond acceptors (Lipinski definition) is 7. The van der Waals surface area contributed by atoms with Crippen molar-refractivity contribution in [3.63, 3.8) is 0 Å². The fraction of sp³-hybridized carbons (Fsp3) is 0.520. The summed E-state index contributed by atoms with van der Waals surface area (Å²) in [6.07, 6.45) is 5.64. The van der Waals surface area contributed by atoms with Crippen molar-refractivity contribution < 1.29 is 32.3 Å². The van der Waals surface area contributed by atoms with Crippen LogP contribution in [0.25, 0.3) is 0 Å². The molecule has 0 aromatic heterocycles. The van der Waals surface area contributed by atoms with E-state index in [4.69, 9.17) is 33.7 Å². The maximum atomic E-state index is 13.5. The number of fused-ring (bicyclic) bond motifs is 2. The van der Waals surface area contributed by atoms with E-state index in [0.29, 0.717) is 25.7 Å². The van der Waals surface area contributed by atoms with Crippen molar-refractivity contribution in [2.45, 2.75) is 73.9 Å². The Morgan fingerprint density at radius 2 is 1.90 bits per heavy atom. The number of sulfonamides is 1. The number of nitrogens with zero attached hydrogens (tertiary/aromatic N) is 1. The fourth-order valence-electron chi connectivity index (χ4n) is 5.14. The molecule has 1 aromatic carbocycles. The van der Waals surface area contributed by atoms with E-state index in [2.05, 4.69) is 10.0 Å². The van der Waals surface area contributed by atoms with Gasteiger partial charge in [-0.1, -0.05) is 41.8 Å². The van der Waals surface area contributed by atoms with E-state index in [1.165, 1.54) is 23.1 Å². The smallest absolute Gasteiger partial charge is 0.405 e. The van der Waals surface area contributed by atoms with Crippen LogP contribution >= 0.6 is 23.2 Å². The normalized spacial score (nSPS) is 28.7. The molecule has 4 unspecified atom stereocenters. The molecule has 11 nitrogen and oxygen atoms in total. The molecular weight excluding hydrogens is 571 g/mol. The van der Waals surface area contributed by atoms with E-state index in [9.17, 15) is 27.6 Å². The summed E-state index contributed by atoms with van der Waals surface area (Å²) in [4.78, 5) is 52.6. The lowest BCUT2D eigenvalue weighted by atomic mass is 10.1. The Labute approximate surface area is 236 Å². The molecular formula is C25H30Cl2N4O7S. The number of benzene rings is 1. The van der Waals surface area contributed by atoms with Gasteiger partial charge in [-0.05, 0) is 63.1 Å². The van der Waals surface area contributed by atoms with Gasteiger partial charge >= 0.3 is 6.09 Å². The number of halogens is 2. The van der Waals surface area contributed by atoms with Crippen molar-refractivity contribution in [3.05, 3.63) is 40.4 Å². The van der Waals surface area contributed by atoms with E-state index in [1.54, 1.807) is 6.08 Å². The Balaban J connectivity index is 1.60. The van der Waals surface area contributed by atoms with Crippen LogP contribution in [-0.4, -0.2) is 61.4 Å². The zero-order valence-corrected chi connectivity index (χ0v) is 23.4. The number of primary amides is 1. The van der Waals surface area contributed by atoms with Crippen LogP contribution in [0.5, 0.6) is 0 Å². The second-order valence-electron chi connectivity index (χ2n) is 9.96. The first kappa shape index (κ1) is 29.2. The lowest BCUT2D eigenvalue weighted by Gasteiger charge is -2.29. The van der Waals surface area contributed by atoms with Crippen LogP contribution < -0.4 is 15.8 Å². The lowest BCUT2D eigenvalue weighted by Crippen LogP contribution is -2.57. The molecule has 3 aliphatic rings. The molecule has 4 amide bonds. The van der Waals surface area contributed by atoms with Crippen molar-refractivity contribution in [3.8, 4) is 0 Å². The number of carbonyl (C=O) groups is 4. The molecule has 2 heterocycles. The van der Waals surface area contributed by atoms with Crippen molar-refractivity contribution in [2.75, 3.05) is 6.54 Å². The summed E-state index contributed by atoms with van der Waals surface area (Å²) in [7, 11) is -4.39. The number of hydrogen-bond donors (Lipinski definition) is 3. The van der Waals surface area contributed by atoms with E-state index in [-0.39, 0.29) is 34.3 Å². The molecule has 39 heavy (non-hydrogen) atoms. The summed E-state index contributed by atoms with van der Waals surface area (Å²) in [5.41, 5.74) is 3.66. The Bertz CT molecular complexity index is 1310. The molecule has 2 fully saturated rings. The fourth-order valence-corrected chi connectivity index (χ4v) is 6.95.